The van der Waals surface area contributed by atoms with Gasteiger partial charge in [-0.3, -0.25) is 4.79 Å². The number of aryl methyl sites for hydroxylation is 1. The Hall–Kier alpha value is -1.98. The first-order valence-corrected chi connectivity index (χ1v) is 4.49. The van der Waals surface area contributed by atoms with E-state index >= 15 is 0 Å². The van der Waals surface area contributed by atoms with Gasteiger partial charge in [0.1, 0.15) is 6.33 Å². The van der Waals surface area contributed by atoms with Crippen LogP contribution < -0.4 is 0 Å². The molecule has 0 aliphatic rings. The lowest BCUT2D eigenvalue weighted by atomic mass is 10.1. The lowest BCUT2D eigenvalue weighted by molar-refractivity contribution is -0.138. The quantitative estimate of drug-likeness (QED) is 0.779. The molecule has 0 fully saturated rings. The van der Waals surface area contributed by atoms with Crippen LogP contribution in [0.15, 0.2) is 12.4 Å². The topological polar surface area (TPSA) is 80.4 Å². The van der Waals surface area contributed by atoms with Gasteiger partial charge in [0.2, 0.25) is 0 Å². The van der Waals surface area contributed by atoms with Crippen LogP contribution in [-0.2, 0) is 4.79 Å². The highest BCUT2D eigenvalue weighted by atomic mass is 16.4. The minimum atomic E-state index is -0.891. The van der Waals surface area contributed by atoms with Crippen molar-refractivity contribution < 1.29 is 9.90 Å². The first kappa shape index (κ1) is 9.57. The predicted octanol–water partition coefficient (Wildman–Crippen LogP) is 0.621. The second-order valence-electron chi connectivity index (χ2n) is 3.35. The maximum Gasteiger partial charge on any atom is 0.312 e. The summed E-state index contributed by atoms with van der Waals surface area (Å²) in [7, 11) is 0. The number of fused-ring (bicyclic) bond motifs is 1. The second-order valence-corrected chi connectivity index (χ2v) is 3.35. The number of nitrogens with zero attached hydrogens (tertiary/aromatic N) is 4. The molecular formula is C9H10N4O2. The average molecular weight is 206 g/mol. The highest BCUT2D eigenvalue weighted by Crippen LogP contribution is 2.16. The van der Waals surface area contributed by atoms with E-state index in [1.807, 2.05) is 0 Å². The molecule has 1 N–H and O–H groups in total. The fourth-order valence-corrected chi connectivity index (χ4v) is 1.39. The summed E-state index contributed by atoms with van der Waals surface area (Å²) >= 11 is 0. The van der Waals surface area contributed by atoms with Gasteiger partial charge < -0.3 is 5.11 Å². The summed E-state index contributed by atoms with van der Waals surface area (Å²) in [6, 6.07) is 1.71. The number of rotatable bonds is 2. The Balaban J connectivity index is 2.67. The Morgan fingerprint density at radius 3 is 3.00 bits per heavy atom. The molecule has 0 saturated heterocycles. The zero-order valence-corrected chi connectivity index (χ0v) is 8.38. The molecule has 2 aromatic rings. The van der Waals surface area contributed by atoms with Crippen molar-refractivity contribution in [3.63, 3.8) is 0 Å². The van der Waals surface area contributed by atoms with Gasteiger partial charge in [0.05, 0.1) is 11.6 Å². The third-order valence-electron chi connectivity index (χ3n) is 2.22. The molecule has 2 aromatic heterocycles. The van der Waals surface area contributed by atoms with Gasteiger partial charge in [-0.05, 0) is 19.9 Å². The first-order valence-electron chi connectivity index (χ1n) is 4.49. The second kappa shape index (κ2) is 3.30. The summed E-state index contributed by atoms with van der Waals surface area (Å²) in [6.45, 7) is 3.41. The van der Waals surface area contributed by atoms with Gasteiger partial charge in [0.15, 0.2) is 0 Å². The molecule has 0 aromatic carbocycles. The summed E-state index contributed by atoms with van der Waals surface area (Å²) in [6.07, 6.45) is 1.36. The van der Waals surface area contributed by atoms with Crippen LogP contribution in [-0.4, -0.2) is 30.7 Å². The minimum Gasteiger partial charge on any atom is -0.481 e. The van der Waals surface area contributed by atoms with Crippen molar-refractivity contribution in [1.29, 1.82) is 0 Å². The smallest absolute Gasteiger partial charge is 0.312 e. The van der Waals surface area contributed by atoms with Crippen molar-refractivity contribution >= 4 is 11.7 Å². The van der Waals surface area contributed by atoms with E-state index in [2.05, 4.69) is 15.1 Å². The molecule has 0 bridgehead atoms. The molecule has 6 nitrogen and oxygen atoms in total. The van der Waals surface area contributed by atoms with E-state index in [-0.39, 0.29) is 0 Å². The molecule has 0 aliphatic carbocycles. The molecule has 6 heteroatoms. The third-order valence-corrected chi connectivity index (χ3v) is 2.22. The van der Waals surface area contributed by atoms with E-state index in [9.17, 15) is 4.79 Å². The van der Waals surface area contributed by atoms with E-state index < -0.39 is 11.9 Å². The van der Waals surface area contributed by atoms with Crippen molar-refractivity contribution in [3.8, 4) is 0 Å². The van der Waals surface area contributed by atoms with E-state index in [1.165, 1.54) is 10.8 Å². The highest BCUT2D eigenvalue weighted by molar-refractivity contribution is 5.75. The Morgan fingerprint density at radius 1 is 1.60 bits per heavy atom. The van der Waals surface area contributed by atoms with E-state index in [0.717, 1.165) is 5.69 Å². The number of hydrogen-bond acceptors (Lipinski definition) is 4. The lowest BCUT2D eigenvalue weighted by Crippen LogP contribution is -2.13. The number of carboxylic acids is 1. The third kappa shape index (κ3) is 1.54. The molecule has 15 heavy (non-hydrogen) atoms. The van der Waals surface area contributed by atoms with Crippen LogP contribution in [0.1, 0.15) is 24.2 Å². The molecular weight excluding hydrogens is 196 g/mol. The Kier molecular flexibility index (Phi) is 2.11. The highest BCUT2D eigenvalue weighted by Gasteiger charge is 2.18. The predicted molar refractivity (Wildman–Crippen MR) is 51.6 cm³/mol. The van der Waals surface area contributed by atoms with Crippen molar-refractivity contribution in [1.82, 2.24) is 19.6 Å². The molecule has 0 saturated carbocycles. The summed E-state index contributed by atoms with van der Waals surface area (Å²) in [5.74, 6) is -1.09. The Bertz CT molecular complexity index is 520. The number of carboxylic acid groups (broad SMARTS) is 1. The van der Waals surface area contributed by atoms with Gasteiger partial charge in [-0.15, -0.1) is 0 Å². The molecule has 2 rings (SSSR count). The van der Waals surface area contributed by atoms with Gasteiger partial charge in [0, 0.05) is 5.69 Å². The summed E-state index contributed by atoms with van der Waals surface area (Å²) in [4.78, 5) is 19.0. The van der Waals surface area contributed by atoms with Crippen LogP contribution in [0.3, 0.4) is 0 Å². The SMILES string of the molecule is Cc1cc(C(C)C(=O)O)n2ncnc2n1. The molecule has 1 unspecified atom stereocenters. The number of hydrogen-bond donors (Lipinski definition) is 1. The summed E-state index contributed by atoms with van der Waals surface area (Å²) in [5.41, 5.74) is 1.32. The maximum absolute atomic E-state index is 10.9. The molecule has 0 aliphatic heterocycles. The Morgan fingerprint density at radius 2 is 2.33 bits per heavy atom. The van der Waals surface area contributed by atoms with Crippen molar-refractivity contribution in [2.24, 2.45) is 0 Å². The average Bonchev–Trinajstić information content (AvgIpc) is 2.62. The van der Waals surface area contributed by atoms with E-state index in [1.54, 1.807) is 19.9 Å². The summed E-state index contributed by atoms with van der Waals surface area (Å²) in [5, 5.41) is 12.9. The minimum absolute atomic E-state index is 0.429. The zero-order valence-electron chi connectivity index (χ0n) is 8.38. The van der Waals surface area contributed by atoms with E-state index in [0.29, 0.717) is 11.5 Å². The van der Waals surface area contributed by atoms with Crippen molar-refractivity contribution in [2.45, 2.75) is 19.8 Å². The zero-order chi connectivity index (χ0) is 11.0. The standard InChI is InChI=1S/C9H10N4O2/c1-5-3-7(6(2)8(14)15)13-9(12-5)10-4-11-13/h3-4,6H,1-2H3,(H,14,15). The lowest BCUT2D eigenvalue weighted by Gasteiger charge is -2.08. The molecule has 0 spiro atoms. The van der Waals surface area contributed by atoms with Crippen molar-refractivity contribution in [2.75, 3.05) is 0 Å². The Labute approximate surface area is 85.6 Å². The van der Waals surface area contributed by atoms with Gasteiger partial charge in [-0.2, -0.15) is 10.1 Å². The van der Waals surface area contributed by atoms with Gasteiger partial charge in [-0.1, -0.05) is 0 Å². The number of carbonyl (C=O) groups is 1. The van der Waals surface area contributed by atoms with Gasteiger partial charge in [-0.25, -0.2) is 9.50 Å². The van der Waals surface area contributed by atoms with Crippen molar-refractivity contribution in [3.05, 3.63) is 23.8 Å². The number of aliphatic carboxylic acids is 1. The molecule has 1 atom stereocenters. The first-order chi connectivity index (χ1) is 7.09. The van der Waals surface area contributed by atoms with Crippen LogP contribution in [0, 0.1) is 6.92 Å². The number of aromatic nitrogens is 4. The largest absolute Gasteiger partial charge is 0.481 e. The van der Waals surface area contributed by atoms with Crippen LogP contribution in [0.4, 0.5) is 0 Å². The van der Waals surface area contributed by atoms with Crippen LogP contribution in [0.5, 0.6) is 0 Å². The van der Waals surface area contributed by atoms with Gasteiger partial charge in [0.25, 0.3) is 5.78 Å². The molecule has 78 valence electrons. The summed E-state index contributed by atoms with van der Waals surface area (Å²) < 4.78 is 1.45. The molecule has 2 heterocycles. The maximum atomic E-state index is 10.9. The normalized spacial score (nSPS) is 12.9. The van der Waals surface area contributed by atoms with Crippen LogP contribution in [0.25, 0.3) is 5.78 Å². The van der Waals surface area contributed by atoms with E-state index in [4.69, 9.17) is 5.11 Å². The van der Waals surface area contributed by atoms with Crippen LogP contribution in [0.2, 0.25) is 0 Å². The molecule has 0 amide bonds. The molecule has 0 radical (unpaired) electrons. The fourth-order valence-electron chi connectivity index (χ4n) is 1.39. The van der Waals surface area contributed by atoms with Crippen LogP contribution >= 0.6 is 0 Å². The van der Waals surface area contributed by atoms with Gasteiger partial charge >= 0.3 is 5.97 Å². The fraction of sp³-hybridized carbons (Fsp3) is 0.333. The monoisotopic (exact) mass is 206 g/mol.